The lowest BCUT2D eigenvalue weighted by molar-refractivity contribution is -0.385. The minimum absolute atomic E-state index is 0.0290. The molecule has 1 aromatic rings. The molecule has 0 aliphatic rings. The average molecular weight is 266 g/mol. The van der Waals surface area contributed by atoms with E-state index in [1.54, 1.807) is 32.0 Å². The van der Waals surface area contributed by atoms with Crippen molar-refractivity contribution in [2.75, 3.05) is 6.61 Å². The largest absolute Gasteiger partial charge is 0.396 e. The lowest BCUT2D eigenvalue weighted by atomic mass is 10.0. The minimum atomic E-state index is -0.532. The van der Waals surface area contributed by atoms with Crippen LogP contribution in [0, 0.1) is 10.1 Å². The maximum atomic E-state index is 11.9. The Morgan fingerprint density at radius 3 is 2.63 bits per heavy atom. The van der Waals surface area contributed by atoms with Gasteiger partial charge in [0.2, 0.25) is 5.91 Å². The number of hydrogen-bond donors (Lipinski definition) is 2. The number of nitrogens with zero attached hydrogens (tertiary/aromatic N) is 1. The van der Waals surface area contributed by atoms with Crippen LogP contribution in [0.1, 0.15) is 25.8 Å². The smallest absolute Gasteiger partial charge is 0.273 e. The number of hydrogen-bond acceptors (Lipinski definition) is 4. The first-order valence-electron chi connectivity index (χ1n) is 6.00. The molecule has 0 aliphatic heterocycles. The van der Waals surface area contributed by atoms with Crippen molar-refractivity contribution in [1.29, 1.82) is 0 Å². The number of rotatable bonds is 6. The van der Waals surface area contributed by atoms with Crippen molar-refractivity contribution in [1.82, 2.24) is 5.32 Å². The third-order valence-electron chi connectivity index (χ3n) is 2.75. The van der Waals surface area contributed by atoms with Crippen molar-refractivity contribution in [2.24, 2.45) is 0 Å². The number of benzene rings is 1. The summed E-state index contributed by atoms with van der Waals surface area (Å²) in [5.41, 5.74) is -0.211. The number of para-hydroxylation sites is 1. The van der Waals surface area contributed by atoms with Crippen molar-refractivity contribution in [3.05, 3.63) is 39.9 Å². The van der Waals surface area contributed by atoms with Gasteiger partial charge in [0.05, 0.1) is 11.3 Å². The van der Waals surface area contributed by atoms with Crippen molar-refractivity contribution < 1.29 is 14.8 Å². The zero-order valence-corrected chi connectivity index (χ0v) is 11.0. The molecule has 0 unspecified atom stereocenters. The molecule has 0 radical (unpaired) electrons. The molecule has 1 aromatic carbocycles. The standard InChI is InChI=1S/C13H18N2O4/c1-13(2,7-8-16)14-12(17)9-10-5-3-4-6-11(10)15(18)19/h3-6,16H,7-9H2,1-2H3,(H,14,17). The van der Waals surface area contributed by atoms with Gasteiger partial charge < -0.3 is 10.4 Å². The molecule has 2 N–H and O–H groups in total. The molecular weight excluding hydrogens is 248 g/mol. The summed E-state index contributed by atoms with van der Waals surface area (Å²) >= 11 is 0. The monoisotopic (exact) mass is 266 g/mol. The predicted octanol–water partition coefficient (Wildman–Crippen LogP) is 1.41. The summed E-state index contributed by atoms with van der Waals surface area (Å²) in [5, 5.41) is 22.5. The van der Waals surface area contributed by atoms with Crippen LogP contribution in [0.3, 0.4) is 0 Å². The van der Waals surface area contributed by atoms with E-state index in [1.165, 1.54) is 6.07 Å². The Labute approximate surface area is 111 Å². The number of carbonyl (C=O) groups excluding carboxylic acids is 1. The second-order valence-electron chi connectivity index (χ2n) is 4.97. The van der Waals surface area contributed by atoms with Gasteiger partial charge in [-0.15, -0.1) is 0 Å². The molecule has 6 heteroatoms. The summed E-state index contributed by atoms with van der Waals surface area (Å²) in [6.45, 7) is 3.56. The van der Waals surface area contributed by atoms with Gasteiger partial charge >= 0.3 is 0 Å². The number of aliphatic hydroxyl groups is 1. The molecule has 0 atom stereocenters. The van der Waals surface area contributed by atoms with Crippen molar-refractivity contribution in [2.45, 2.75) is 32.2 Å². The number of amides is 1. The van der Waals surface area contributed by atoms with Gasteiger partial charge in [-0.25, -0.2) is 0 Å². The number of carbonyl (C=O) groups is 1. The lowest BCUT2D eigenvalue weighted by Crippen LogP contribution is -2.44. The molecule has 6 nitrogen and oxygen atoms in total. The van der Waals surface area contributed by atoms with Gasteiger partial charge in [0, 0.05) is 23.8 Å². The third kappa shape index (κ3) is 4.67. The van der Waals surface area contributed by atoms with E-state index in [-0.39, 0.29) is 24.6 Å². The van der Waals surface area contributed by atoms with Gasteiger partial charge in [-0.2, -0.15) is 0 Å². The van der Waals surface area contributed by atoms with Crippen LogP contribution in [0.5, 0.6) is 0 Å². The molecule has 0 aromatic heterocycles. The fourth-order valence-electron chi connectivity index (χ4n) is 1.78. The van der Waals surface area contributed by atoms with E-state index in [2.05, 4.69) is 5.32 Å². The van der Waals surface area contributed by atoms with Crippen LogP contribution in [0.25, 0.3) is 0 Å². The highest BCUT2D eigenvalue weighted by Crippen LogP contribution is 2.18. The SMILES string of the molecule is CC(C)(CCO)NC(=O)Cc1ccccc1[N+](=O)[O-]. The zero-order valence-electron chi connectivity index (χ0n) is 11.0. The first-order chi connectivity index (χ1) is 8.85. The van der Waals surface area contributed by atoms with Crippen molar-refractivity contribution in [3.8, 4) is 0 Å². The molecule has 1 amide bonds. The van der Waals surface area contributed by atoms with Crippen molar-refractivity contribution >= 4 is 11.6 Å². The maximum Gasteiger partial charge on any atom is 0.273 e. The predicted molar refractivity (Wildman–Crippen MR) is 70.7 cm³/mol. The number of nitro benzene ring substituents is 1. The number of nitrogens with one attached hydrogen (secondary N) is 1. The molecule has 104 valence electrons. The maximum absolute atomic E-state index is 11.9. The average Bonchev–Trinajstić information content (AvgIpc) is 2.28. The van der Waals surface area contributed by atoms with Gasteiger partial charge in [-0.1, -0.05) is 18.2 Å². The Morgan fingerprint density at radius 1 is 1.42 bits per heavy atom. The summed E-state index contributed by atoms with van der Waals surface area (Å²) in [4.78, 5) is 22.2. The van der Waals surface area contributed by atoms with Gasteiger partial charge in [-0.3, -0.25) is 14.9 Å². The molecule has 0 spiro atoms. The summed E-state index contributed by atoms with van der Waals surface area (Å²) < 4.78 is 0. The quantitative estimate of drug-likeness (QED) is 0.601. The second-order valence-corrected chi connectivity index (χ2v) is 4.97. The molecule has 1 rings (SSSR count). The zero-order chi connectivity index (χ0) is 14.5. The lowest BCUT2D eigenvalue weighted by Gasteiger charge is -2.25. The second kappa shape index (κ2) is 6.29. The van der Waals surface area contributed by atoms with Crippen molar-refractivity contribution in [3.63, 3.8) is 0 Å². The van der Waals surface area contributed by atoms with E-state index < -0.39 is 10.5 Å². The molecule has 0 bridgehead atoms. The van der Waals surface area contributed by atoms with Gasteiger partial charge in [-0.05, 0) is 20.3 Å². The molecule has 0 saturated carbocycles. The van der Waals surface area contributed by atoms with E-state index in [1.807, 2.05) is 0 Å². The fourth-order valence-corrected chi connectivity index (χ4v) is 1.78. The third-order valence-corrected chi connectivity index (χ3v) is 2.75. The van der Waals surface area contributed by atoms with Gasteiger partial charge in [0.25, 0.3) is 5.69 Å². The Hall–Kier alpha value is -1.95. The van der Waals surface area contributed by atoms with Crippen LogP contribution >= 0.6 is 0 Å². The summed E-state index contributed by atoms with van der Waals surface area (Å²) in [7, 11) is 0. The first kappa shape index (κ1) is 15.1. The minimum Gasteiger partial charge on any atom is -0.396 e. The highest BCUT2D eigenvalue weighted by atomic mass is 16.6. The van der Waals surface area contributed by atoms with E-state index in [0.29, 0.717) is 12.0 Å². The van der Waals surface area contributed by atoms with E-state index in [0.717, 1.165) is 0 Å². The van der Waals surface area contributed by atoms with Crippen LogP contribution in [0.4, 0.5) is 5.69 Å². The summed E-state index contributed by atoms with van der Waals surface area (Å²) in [5.74, 6) is -0.298. The molecule has 19 heavy (non-hydrogen) atoms. The van der Waals surface area contributed by atoms with Gasteiger partial charge in [0.15, 0.2) is 0 Å². The van der Waals surface area contributed by atoms with E-state index >= 15 is 0 Å². The summed E-state index contributed by atoms with van der Waals surface area (Å²) in [6, 6.07) is 6.17. The van der Waals surface area contributed by atoms with E-state index in [9.17, 15) is 14.9 Å². The van der Waals surface area contributed by atoms with Crippen LogP contribution in [-0.4, -0.2) is 28.1 Å². The molecule has 0 heterocycles. The fraction of sp³-hybridized carbons (Fsp3) is 0.462. The van der Waals surface area contributed by atoms with Crippen LogP contribution in [0.2, 0.25) is 0 Å². The van der Waals surface area contributed by atoms with Gasteiger partial charge in [0.1, 0.15) is 0 Å². The topological polar surface area (TPSA) is 92.5 Å². The Balaban J connectivity index is 2.75. The van der Waals surface area contributed by atoms with E-state index in [4.69, 9.17) is 5.11 Å². The molecule has 0 aliphatic carbocycles. The number of aliphatic hydroxyl groups excluding tert-OH is 1. The van der Waals surface area contributed by atoms with Crippen LogP contribution < -0.4 is 5.32 Å². The highest BCUT2D eigenvalue weighted by molar-refractivity contribution is 5.80. The number of nitro groups is 1. The molecule has 0 fully saturated rings. The Kier molecular flexibility index (Phi) is 5.00. The van der Waals surface area contributed by atoms with Crippen LogP contribution in [0.15, 0.2) is 24.3 Å². The molecular formula is C13H18N2O4. The highest BCUT2D eigenvalue weighted by Gasteiger charge is 2.22. The Bertz CT molecular complexity index is 471. The molecule has 0 saturated heterocycles. The van der Waals surface area contributed by atoms with Crippen LogP contribution in [-0.2, 0) is 11.2 Å². The first-order valence-corrected chi connectivity index (χ1v) is 6.00. The normalized spacial score (nSPS) is 11.1. The Morgan fingerprint density at radius 2 is 2.05 bits per heavy atom. The summed E-state index contributed by atoms with van der Waals surface area (Å²) in [6.07, 6.45) is 0.377.